The fourth-order valence-corrected chi connectivity index (χ4v) is 2.34. The molecule has 0 radical (unpaired) electrons. The Morgan fingerprint density at radius 1 is 1.55 bits per heavy atom. The Labute approximate surface area is 118 Å². The van der Waals surface area contributed by atoms with E-state index in [9.17, 15) is 4.79 Å². The molecule has 1 fully saturated rings. The van der Waals surface area contributed by atoms with Gasteiger partial charge in [0.1, 0.15) is 12.0 Å². The highest BCUT2D eigenvalue weighted by Gasteiger charge is 2.26. The number of hydrogen-bond acceptors (Lipinski definition) is 6. The minimum Gasteiger partial charge on any atom is -0.476 e. The molecule has 4 N–H and O–H groups in total. The molecule has 1 aromatic heterocycles. The number of nitrogens with zero attached hydrogens (tertiary/aromatic N) is 3. The van der Waals surface area contributed by atoms with Gasteiger partial charge in [0.25, 0.3) is 0 Å². The number of nitrogens with two attached hydrogens (primary N) is 2. The van der Waals surface area contributed by atoms with Gasteiger partial charge in [-0.2, -0.15) is 4.98 Å². The van der Waals surface area contributed by atoms with Crippen molar-refractivity contribution in [2.75, 3.05) is 30.3 Å². The molecule has 0 aromatic carbocycles. The molecular weight excluding hydrogens is 258 g/mol. The van der Waals surface area contributed by atoms with E-state index >= 15 is 0 Å². The summed E-state index contributed by atoms with van der Waals surface area (Å²) in [6.07, 6.45) is 4.02. The summed E-state index contributed by atoms with van der Waals surface area (Å²) < 4.78 is 5.50. The fourth-order valence-electron chi connectivity index (χ4n) is 2.34. The lowest BCUT2D eigenvalue weighted by Crippen LogP contribution is -2.41. The second kappa shape index (κ2) is 6.40. The number of nitrogen functional groups attached to an aromatic ring is 1. The predicted octanol–water partition coefficient (Wildman–Crippen LogP) is 0.549. The Morgan fingerprint density at radius 2 is 2.35 bits per heavy atom. The number of carbonyl (C=O) groups excluding carboxylic acids is 1. The van der Waals surface area contributed by atoms with E-state index < -0.39 is 0 Å². The van der Waals surface area contributed by atoms with Crippen molar-refractivity contribution in [2.24, 2.45) is 11.7 Å². The Balaban J connectivity index is 2.17. The van der Waals surface area contributed by atoms with Gasteiger partial charge < -0.3 is 21.1 Å². The SMILES string of the molecule is CCCOc1ncnc(N2CCCC(C(N)=O)C2)c1N. The second-order valence-electron chi connectivity index (χ2n) is 4.95. The van der Waals surface area contributed by atoms with E-state index in [-0.39, 0.29) is 11.8 Å². The minimum atomic E-state index is -0.273. The van der Waals surface area contributed by atoms with Crippen molar-refractivity contribution in [3.8, 4) is 5.88 Å². The number of carbonyl (C=O) groups is 1. The molecule has 0 aliphatic carbocycles. The van der Waals surface area contributed by atoms with Gasteiger partial charge in [0.15, 0.2) is 5.82 Å². The second-order valence-corrected chi connectivity index (χ2v) is 4.95. The molecule has 1 amide bonds. The van der Waals surface area contributed by atoms with Crippen molar-refractivity contribution >= 4 is 17.4 Å². The molecule has 2 rings (SSSR count). The first-order valence-corrected chi connectivity index (χ1v) is 6.91. The summed E-state index contributed by atoms with van der Waals surface area (Å²) in [5, 5.41) is 0. The number of rotatable bonds is 5. The van der Waals surface area contributed by atoms with Crippen molar-refractivity contribution in [1.82, 2.24) is 9.97 Å². The van der Waals surface area contributed by atoms with Gasteiger partial charge in [0.2, 0.25) is 11.8 Å². The molecule has 0 spiro atoms. The first-order valence-electron chi connectivity index (χ1n) is 6.91. The lowest BCUT2D eigenvalue weighted by Gasteiger charge is -2.32. The third kappa shape index (κ3) is 3.09. The molecule has 1 aliphatic rings. The topological polar surface area (TPSA) is 107 Å². The normalized spacial score (nSPS) is 18.9. The Morgan fingerprint density at radius 3 is 3.05 bits per heavy atom. The lowest BCUT2D eigenvalue weighted by molar-refractivity contribution is -0.122. The van der Waals surface area contributed by atoms with Crippen LogP contribution in [0.15, 0.2) is 6.33 Å². The first kappa shape index (κ1) is 14.4. The quantitative estimate of drug-likeness (QED) is 0.815. The molecule has 1 unspecified atom stereocenters. The average molecular weight is 279 g/mol. The Bertz CT molecular complexity index is 480. The zero-order valence-electron chi connectivity index (χ0n) is 11.7. The van der Waals surface area contributed by atoms with E-state index in [1.54, 1.807) is 0 Å². The van der Waals surface area contributed by atoms with E-state index in [0.717, 1.165) is 25.8 Å². The maximum Gasteiger partial charge on any atom is 0.242 e. The van der Waals surface area contributed by atoms with Crippen molar-refractivity contribution in [1.29, 1.82) is 0 Å². The number of piperidine rings is 1. The van der Waals surface area contributed by atoms with Crippen LogP contribution in [0.25, 0.3) is 0 Å². The van der Waals surface area contributed by atoms with Crippen LogP contribution in [0.4, 0.5) is 11.5 Å². The summed E-state index contributed by atoms with van der Waals surface area (Å²) >= 11 is 0. The number of amides is 1. The van der Waals surface area contributed by atoms with E-state index in [1.165, 1.54) is 6.33 Å². The predicted molar refractivity (Wildman–Crippen MR) is 76.4 cm³/mol. The first-order chi connectivity index (χ1) is 9.63. The molecule has 7 heteroatoms. The van der Waals surface area contributed by atoms with E-state index in [0.29, 0.717) is 30.5 Å². The van der Waals surface area contributed by atoms with Gasteiger partial charge in [-0.15, -0.1) is 0 Å². The largest absolute Gasteiger partial charge is 0.476 e. The lowest BCUT2D eigenvalue weighted by atomic mass is 9.97. The molecule has 1 atom stereocenters. The number of ether oxygens (including phenoxy) is 1. The van der Waals surface area contributed by atoms with Crippen LogP contribution >= 0.6 is 0 Å². The molecule has 20 heavy (non-hydrogen) atoms. The highest BCUT2D eigenvalue weighted by Crippen LogP contribution is 2.30. The monoisotopic (exact) mass is 279 g/mol. The standard InChI is InChI=1S/C13H21N5O2/c1-2-6-20-13-10(14)12(16-8-17-13)18-5-3-4-9(7-18)11(15)19/h8-9H,2-7,14H2,1H3,(H2,15,19). The van der Waals surface area contributed by atoms with E-state index in [1.807, 2.05) is 11.8 Å². The summed E-state index contributed by atoms with van der Waals surface area (Å²) in [7, 11) is 0. The smallest absolute Gasteiger partial charge is 0.242 e. The summed E-state index contributed by atoms with van der Waals surface area (Å²) in [5.74, 6) is 0.595. The number of hydrogen-bond donors (Lipinski definition) is 2. The van der Waals surface area contributed by atoms with Crippen LogP contribution in [-0.2, 0) is 4.79 Å². The maximum absolute atomic E-state index is 11.3. The number of primary amides is 1. The Hall–Kier alpha value is -2.05. The maximum atomic E-state index is 11.3. The van der Waals surface area contributed by atoms with E-state index in [4.69, 9.17) is 16.2 Å². The summed E-state index contributed by atoms with van der Waals surface area (Å²) in [6, 6.07) is 0. The molecule has 110 valence electrons. The Kier molecular flexibility index (Phi) is 4.60. The number of aromatic nitrogens is 2. The third-order valence-electron chi connectivity index (χ3n) is 3.39. The third-order valence-corrected chi connectivity index (χ3v) is 3.39. The van der Waals surface area contributed by atoms with Crippen LogP contribution in [0, 0.1) is 5.92 Å². The molecule has 0 bridgehead atoms. The summed E-state index contributed by atoms with van der Waals surface area (Å²) in [5.41, 5.74) is 11.9. The van der Waals surface area contributed by atoms with Gasteiger partial charge in [-0.3, -0.25) is 4.79 Å². The molecule has 1 aromatic rings. The van der Waals surface area contributed by atoms with E-state index in [2.05, 4.69) is 9.97 Å². The summed E-state index contributed by atoms with van der Waals surface area (Å²) in [6.45, 7) is 3.92. The van der Waals surface area contributed by atoms with Crippen LogP contribution in [0.2, 0.25) is 0 Å². The van der Waals surface area contributed by atoms with Gasteiger partial charge in [0.05, 0.1) is 12.5 Å². The van der Waals surface area contributed by atoms with Crippen molar-refractivity contribution in [3.05, 3.63) is 6.33 Å². The highest BCUT2D eigenvalue weighted by molar-refractivity contribution is 5.78. The van der Waals surface area contributed by atoms with Gasteiger partial charge in [-0.05, 0) is 19.3 Å². The molecule has 2 heterocycles. The summed E-state index contributed by atoms with van der Waals surface area (Å²) in [4.78, 5) is 21.6. The van der Waals surface area contributed by atoms with Crippen LogP contribution in [-0.4, -0.2) is 35.6 Å². The molecule has 0 saturated carbocycles. The van der Waals surface area contributed by atoms with Crippen molar-refractivity contribution in [2.45, 2.75) is 26.2 Å². The van der Waals surface area contributed by atoms with Crippen molar-refractivity contribution < 1.29 is 9.53 Å². The van der Waals surface area contributed by atoms with Gasteiger partial charge in [0, 0.05) is 13.1 Å². The minimum absolute atomic E-state index is 0.155. The fraction of sp³-hybridized carbons (Fsp3) is 0.615. The molecular formula is C13H21N5O2. The average Bonchev–Trinajstić information content (AvgIpc) is 2.46. The van der Waals surface area contributed by atoms with Gasteiger partial charge in [-0.1, -0.05) is 6.92 Å². The molecule has 7 nitrogen and oxygen atoms in total. The molecule has 1 saturated heterocycles. The zero-order valence-corrected chi connectivity index (χ0v) is 11.7. The van der Waals surface area contributed by atoms with Crippen LogP contribution in [0.5, 0.6) is 5.88 Å². The zero-order chi connectivity index (χ0) is 14.5. The van der Waals surface area contributed by atoms with Crippen LogP contribution in [0.1, 0.15) is 26.2 Å². The van der Waals surface area contributed by atoms with Gasteiger partial charge >= 0.3 is 0 Å². The highest BCUT2D eigenvalue weighted by atomic mass is 16.5. The van der Waals surface area contributed by atoms with Crippen LogP contribution < -0.4 is 21.1 Å². The number of anilines is 2. The van der Waals surface area contributed by atoms with Crippen LogP contribution in [0.3, 0.4) is 0 Å². The molecule has 1 aliphatic heterocycles. The van der Waals surface area contributed by atoms with Gasteiger partial charge in [-0.25, -0.2) is 4.98 Å². The van der Waals surface area contributed by atoms with Crippen molar-refractivity contribution in [3.63, 3.8) is 0 Å².